The van der Waals surface area contributed by atoms with E-state index < -0.39 is 27.9 Å². The molecule has 0 fully saturated rings. The Morgan fingerprint density at radius 2 is 1.59 bits per heavy atom. The molecule has 32 heavy (non-hydrogen) atoms. The largest absolute Gasteiger partial charge is 0.368 e. The maximum Gasteiger partial charge on any atom is 0.253 e. The topological polar surface area (TPSA) is 110 Å². The van der Waals surface area contributed by atoms with E-state index in [1.165, 1.54) is 29.6 Å². The van der Waals surface area contributed by atoms with Crippen molar-refractivity contribution < 1.29 is 18.0 Å². The third-order valence-corrected chi connectivity index (χ3v) is 6.96. The number of hydrogen-bond donors (Lipinski definition) is 2. The highest BCUT2D eigenvalue weighted by Gasteiger charge is 2.26. The molecule has 0 heterocycles. The first-order chi connectivity index (χ1) is 15.2. The van der Waals surface area contributed by atoms with Crippen molar-refractivity contribution in [2.75, 3.05) is 7.05 Å². The molecule has 3 rings (SSSR count). The molecule has 3 aromatic carbocycles. The van der Waals surface area contributed by atoms with Gasteiger partial charge in [0.25, 0.3) is 5.91 Å². The van der Waals surface area contributed by atoms with Crippen LogP contribution in [0.15, 0.2) is 83.8 Å². The molecule has 0 aliphatic heterocycles. The zero-order chi connectivity index (χ0) is 23.3. The maximum absolute atomic E-state index is 13.1. The third-order valence-electron chi connectivity index (χ3n) is 4.83. The van der Waals surface area contributed by atoms with Gasteiger partial charge in [0.2, 0.25) is 15.9 Å². The Labute approximate surface area is 191 Å². The summed E-state index contributed by atoms with van der Waals surface area (Å²) in [7, 11) is -2.45. The van der Waals surface area contributed by atoms with Crippen molar-refractivity contribution in [1.82, 2.24) is 9.62 Å². The van der Waals surface area contributed by atoms with Gasteiger partial charge in [0.1, 0.15) is 6.04 Å². The SMILES string of the molecule is CN(Cc1ccccc1)S(=O)(=O)c1ccc(Cl)c(C(=O)NC(C(N)=O)c2ccccc2)c1. The van der Waals surface area contributed by atoms with Gasteiger partial charge in [-0.05, 0) is 29.3 Å². The van der Waals surface area contributed by atoms with Crippen LogP contribution >= 0.6 is 11.6 Å². The second kappa shape index (κ2) is 9.95. The van der Waals surface area contributed by atoms with Crippen LogP contribution in [0.5, 0.6) is 0 Å². The van der Waals surface area contributed by atoms with Crippen LogP contribution in [0.25, 0.3) is 0 Å². The van der Waals surface area contributed by atoms with Gasteiger partial charge in [0.05, 0.1) is 15.5 Å². The fraction of sp³-hybridized carbons (Fsp3) is 0.130. The summed E-state index contributed by atoms with van der Waals surface area (Å²) in [6, 6.07) is 20.4. The highest BCUT2D eigenvalue weighted by atomic mass is 35.5. The van der Waals surface area contributed by atoms with Crippen molar-refractivity contribution in [2.45, 2.75) is 17.5 Å². The molecule has 7 nitrogen and oxygen atoms in total. The lowest BCUT2D eigenvalue weighted by Gasteiger charge is -2.19. The lowest BCUT2D eigenvalue weighted by Crippen LogP contribution is -2.37. The van der Waals surface area contributed by atoms with Gasteiger partial charge in [-0.1, -0.05) is 72.3 Å². The van der Waals surface area contributed by atoms with Crippen molar-refractivity contribution in [3.8, 4) is 0 Å². The number of amides is 2. The number of benzene rings is 3. The number of halogens is 1. The van der Waals surface area contributed by atoms with Gasteiger partial charge in [0, 0.05) is 13.6 Å². The standard InChI is InChI=1S/C23H22ClN3O4S/c1-27(15-16-8-4-2-5-9-16)32(30,31)18-12-13-20(24)19(14-18)23(29)26-21(22(25)28)17-10-6-3-7-11-17/h2-14,21H,15H2,1H3,(H2,25,28)(H,26,29). The number of nitrogens with zero attached hydrogens (tertiary/aromatic N) is 1. The number of nitrogens with one attached hydrogen (secondary N) is 1. The van der Waals surface area contributed by atoms with Crippen molar-refractivity contribution in [3.05, 3.63) is 101 Å². The highest BCUT2D eigenvalue weighted by molar-refractivity contribution is 7.89. The Bertz CT molecular complexity index is 1220. The van der Waals surface area contributed by atoms with Crippen LogP contribution in [-0.2, 0) is 21.4 Å². The van der Waals surface area contributed by atoms with Crippen LogP contribution in [0.1, 0.15) is 27.5 Å². The second-order valence-corrected chi connectivity index (χ2v) is 9.56. The Kier molecular flexibility index (Phi) is 7.29. The summed E-state index contributed by atoms with van der Waals surface area (Å²) in [5.41, 5.74) is 6.69. The van der Waals surface area contributed by atoms with Crippen LogP contribution in [0, 0.1) is 0 Å². The lowest BCUT2D eigenvalue weighted by molar-refractivity contribution is -0.120. The van der Waals surface area contributed by atoms with E-state index in [0.29, 0.717) is 5.56 Å². The van der Waals surface area contributed by atoms with Crippen LogP contribution in [0.2, 0.25) is 5.02 Å². The smallest absolute Gasteiger partial charge is 0.253 e. The number of carbonyl (C=O) groups excluding carboxylic acids is 2. The Hall–Kier alpha value is -3.20. The molecule has 2 amide bonds. The summed E-state index contributed by atoms with van der Waals surface area (Å²) >= 11 is 6.17. The van der Waals surface area contributed by atoms with E-state index in [1.807, 2.05) is 30.3 Å². The maximum atomic E-state index is 13.1. The summed E-state index contributed by atoms with van der Waals surface area (Å²) in [4.78, 5) is 24.7. The van der Waals surface area contributed by atoms with Gasteiger partial charge in [-0.2, -0.15) is 4.31 Å². The molecule has 0 aliphatic rings. The van der Waals surface area contributed by atoms with Crippen molar-refractivity contribution in [2.24, 2.45) is 5.73 Å². The van der Waals surface area contributed by atoms with E-state index in [0.717, 1.165) is 5.56 Å². The quantitative estimate of drug-likeness (QED) is 0.526. The van der Waals surface area contributed by atoms with Gasteiger partial charge < -0.3 is 11.1 Å². The molecule has 3 N–H and O–H groups in total. The van der Waals surface area contributed by atoms with Gasteiger partial charge in [-0.3, -0.25) is 9.59 Å². The van der Waals surface area contributed by atoms with Crippen molar-refractivity contribution in [3.63, 3.8) is 0 Å². The third kappa shape index (κ3) is 5.34. The van der Waals surface area contributed by atoms with E-state index >= 15 is 0 Å². The fourth-order valence-electron chi connectivity index (χ4n) is 3.12. The first-order valence-electron chi connectivity index (χ1n) is 9.65. The van der Waals surface area contributed by atoms with E-state index in [1.54, 1.807) is 30.3 Å². The normalized spacial score (nSPS) is 12.3. The number of rotatable bonds is 8. The Morgan fingerprint density at radius 3 is 2.19 bits per heavy atom. The molecule has 0 aliphatic carbocycles. The van der Waals surface area contributed by atoms with Crippen LogP contribution in [0.3, 0.4) is 0 Å². The predicted molar refractivity (Wildman–Crippen MR) is 122 cm³/mol. The predicted octanol–water partition coefficient (Wildman–Crippen LogP) is 3.12. The van der Waals surface area contributed by atoms with Crippen LogP contribution in [-0.4, -0.2) is 31.6 Å². The summed E-state index contributed by atoms with van der Waals surface area (Å²) in [5.74, 6) is -1.47. The van der Waals surface area contributed by atoms with Gasteiger partial charge in [0.15, 0.2) is 0 Å². The molecular weight excluding hydrogens is 450 g/mol. The molecule has 3 aromatic rings. The number of hydrogen-bond acceptors (Lipinski definition) is 4. The van der Waals surface area contributed by atoms with Crippen molar-refractivity contribution >= 4 is 33.4 Å². The summed E-state index contributed by atoms with van der Waals surface area (Å²) < 4.78 is 27.3. The number of carbonyl (C=O) groups is 2. The Balaban J connectivity index is 1.87. The highest BCUT2D eigenvalue weighted by Crippen LogP contribution is 2.24. The molecule has 0 spiro atoms. The first-order valence-corrected chi connectivity index (χ1v) is 11.5. The fourth-order valence-corrected chi connectivity index (χ4v) is 4.51. The molecule has 166 valence electrons. The van der Waals surface area contributed by atoms with Crippen LogP contribution in [0.4, 0.5) is 0 Å². The van der Waals surface area contributed by atoms with Gasteiger partial charge in [-0.15, -0.1) is 0 Å². The molecule has 1 atom stereocenters. The molecule has 9 heteroatoms. The van der Waals surface area contributed by atoms with Crippen molar-refractivity contribution in [1.29, 1.82) is 0 Å². The van der Waals surface area contributed by atoms with E-state index in [-0.39, 0.29) is 22.0 Å². The Morgan fingerprint density at radius 1 is 1.00 bits per heavy atom. The zero-order valence-electron chi connectivity index (χ0n) is 17.2. The number of primary amides is 1. The minimum atomic E-state index is -3.90. The van der Waals surface area contributed by atoms with E-state index in [9.17, 15) is 18.0 Å². The van der Waals surface area contributed by atoms with Gasteiger partial charge in [-0.25, -0.2) is 8.42 Å². The average molecular weight is 472 g/mol. The summed E-state index contributed by atoms with van der Waals surface area (Å²) in [5, 5.41) is 2.58. The number of nitrogens with two attached hydrogens (primary N) is 1. The van der Waals surface area contributed by atoms with E-state index in [2.05, 4.69) is 5.32 Å². The molecule has 1 unspecified atom stereocenters. The zero-order valence-corrected chi connectivity index (χ0v) is 18.8. The van der Waals surface area contributed by atoms with Gasteiger partial charge >= 0.3 is 0 Å². The van der Waals surface area contributed by atoms with E-state index in [4.69, 9.17) is 17.3 Å². The number of sulfonamides is 1. The lowest BCUT2D eigenvalue weighted by atomic mass is 10.1. The first kappa shape index (κ1) is 23.5. The summed E-state index contributed by atoms with van der Waals surface area (Å²) in [6.07, 6.45) is 0. The minimum absolute atomic E-state index is 0.0449. The second-order valence-electron chi connectivity index (χ2n) is 7.11. The molecule has 0 saturated carbocycles. The minimum Gasteiger partial charge on any atom is -0.368 e. The van der Waals surface area contributed by atoms with Crippen LogP contribution < -0.4 is 11.1 Å². The average Bonchev–Trinajstić information content (AvgIpc) is 2.78. The molecule has 0 bridgehead atoms. The molecule has 0 aromatic heterocycles. The molecular formula is C23H22ClN3O4S. The molecule has 0 saturated heterocycles. The summed E-state index contributed by atoms with van der Waals surface area (Å²) in [6.45, 7) is 0.158. The molecule has 0 radical (unpaired) electrons. The monoisotopic (exact) mass is 471 g/mol.